The van der Waals surface area contributed by atoms with Crippen LogP contribution in [0.5, 0.6) is 5.75 Å². The molecule has 7 nitrogen and oxygen atoms in total. The molecule has 0 aromatic heterocycles. The number of allylic oxidation sites excluding steroid dienone is 1. The predicted molar refractivity (Wildman–Crippen MR) is 144 cm³/mol. The van der Waals surface area contributed by atoms with Gasteiger partial charge in [0.25, 0.3) is 0 Å². The average molecular weight is 514 g/mol. The van der Waals surface area contributed by atoms with E-state index in [1.54, 1.807) is 7.11 Å². The Hall–Kier alpha value is -2.48. The first-order valence-electron chi connectivity index (χ1n) is 13.5. The number of likely N-dealkylation sites (tertiary alicyclic amines) is 1. The summed E-state index contributed by atoms with van der Waals surface area (Å²) < 4.78 is 5.42. The van der Waals surface area contributed by atoms with Gasteiger partial charge < -0.3 is 20.1 Å². The molecule has 1 saturated heterocycles. The summed E-state index contributed by atoms with van der Waals surface area (Å²) in [5.41, 5.74) is 5.34. The van der Waals surface area contributed by atoms with E-state index in [0.717, 1.165) is 35.1 Å². The van der Waals surface area contributed by atoms with Gasteiger partial charge in [-0.2, -0.15) is 0 Å². The lowest BCUT2D eigenvalue weighted by Gasteiger charge is -2.36. The predicted octanol–water partition coefficient (Wildman–Crippen LogP) is 4.30. The van der Waals surface area contributed by atoms with Crippen LogP contribution in [0.25, 0.3) is 6.08 Å². The summed E-state index contributed by atoms with van der Waals surface area (Å²) in [7, 11) is 1.58. The summed E-state index contributed by atoms with van der Waals surface area (Å²) in [5.74, 6) is -1.84. The maximum absolute atomic E-state index is 13.2. The van der Waals surface area contributed by atoms with E-state index in [1.165, 1.54) is 10.5 Å². The Morgan fingerprint density at radius 3 is 2.38 bits per heavy atom. The van der Waals surface area contributed by atoms with Crippen molar-refractivity contribution in [2.75, 3.05) is 26.9 Å². The van der Waals surface area contributed by atoms with Gasteiger partial charge in [-0.05, 0) is 85.9 Å². The van der Waals surface area contributed by atoms with Crippen LogP contribution in [0, 0.1) is 31.6 Å². The Bertz CT molecular complexity index is 1040. The number of phenols is 1. The normalized spacial score (nSPS) is 23.2. The van der Waals surface area contributed by atoms with Crippen molar-refractivity contribution >= 4 is 17.9 Å². The minimum atomic E-state index is -0.852. The summed E-state index contributed by atoms with van der Waals surface area (Å²) in [6.45, 7) is 8.14. The molecule has 3 rings (SSSR count). The molecule has 0 radical (unpaired) electrons. The zero-order chi connectivity index (χ0) is 27.3. The van der Waals surface area contributed by atoms with E-state index < -0.39 is 23.9 Å². The highest BCUT2D eigenvalue weighted by Gasteiger charge is 2.54. The number of imide groups is 1. The number of ether oxygens (including phenoxy) is 1. The Morgan fingerprint density at radius 2 is 1.81 bits per heavy atom. The number of nitrogens with zero attached hydrogens (tertiary/aromatic N) is 1. The standard InChI is InChI=1S/C30H43NO6/c1-6-8-20(14-21-12-18(3)28(34)19(4)13-21)9-10-25(33)26-22(17-37-5)15-23-27(24(26)16-32)30(36)31(11-7-2)29(23)35/h12-14,23-25,27,32-34H,6-11,15-17H2,1-5H3/b20-14+/t23-,24+,25-,27-/m1/s1. The van der Waals surface area contributed by atoms with Crippen molar-refractivity contribution in [2.45, 2.75) is 72.3 Å². The second-order valence-corrected chi connectivity index (χ2v) is 10.6. The van der Waals surface area contributed by atoms with Gasteiger partial charge in [0.05, 0.1) is 31.2 Å². The molecule has 0 saturated carbocycles. The first-order valence-corrected chi connectivity index (χ1v) is 13.5. The van der Waals surface area contributed by atoms with Crippen LogP contribution in [-0.2, 0) is 14.3 Å². The zero-order valence-corrected chi connectivity index (χ0v) is 22.9. The van der Waals surface area contributed by atoms with Crippen molar-refractivity contribution in [2.24, 2.45) is 17.8 Å². The van der Waals surface area contributed by atoms with Crippen molar-refractivity contribution in [3.63, 3.8) is 0 Å². The number of aliphatic hydroxyl groups excluding tert-OH is 2. The number of aliphatic hydroxyl groups is 2. The summed E-state index contributed by atoms with van der Waals surface area (Å²) >= 11 is 0. The second kappa shape index (κ2) is 12.9. The van der Waals surface area contributed by atoms with Gasteiger partial charge in [-0.25, -0.2) is 0 Å². The Balaban J connectivity index is 1.87. The van der Waals surface area contributed by atoms with Gasteiger partial charge in [0.15, 0.2) is 0 Å². The number of aryl methyl sites for hydroxylation is 2. The Morgan fingerprint density at radius 1 is 1.14 bits per heavy atom. The van der Waals surface area contributed by atoms with Gasteiger partial charge >= 0.3 is 0 Å². The summed E-state index contributed by atoms with van der Waals surface area (Å²) in [5, 5.41) is 31.9. The van der Waals surface area contributed by atoms with Crippen LogP contribution in [0.1, 0.15) is 69.1 Å². The van der Waals surface area contributed by atoms with Gasteiger partial charge in [0.2, 0.25) is 11.8 Å². The minimum absolute atomic E-state index is 0.176. The van der Waals surface area contributed by atoms with E-state index in [9.17, 15) is 24.9 Å². The molecule has 0 unspecified atom stereocenters. The summed E-state index contributed by atoms with van der Waals surface area (Å²) in [4.78, 5) is 27.6. The molecule has 2 aliphatic rings. The highest BCUT2D eigenvalue weighted by Crippen LogP contribution is 2.46. The van der Waals surface area contributed by atoms with E-state index >= 15 is 0 Å². The molecule has 3 N–H and O–H groups in total. The third kappa shape index (κ3) is 6.16. The summed E-state index contributed by atoms with van der Waals surface area (Å²) in [6.07, 6.45) is 5.26. The molecule has 4 atom stereocenters. The number of fused-ring (bicyclic) bond motifs is 1. The van der Waals surface area contributed by atoms with Crippen molar-refractivity contribution in [3.05, 3.63) is 45.5 Å². The molecule has 204 valence electrons. The quantitative estimate of drug-likeness (QED) is 0.284. The molecule has 1 aliphatic heterocycles. The first-order chi connectivity index (χ1) is 17.7. The number of benzene rings is 1. The monoisotopic (exact) mass is 513 g/mol. The van der Waals surface area contributed by atoms with Crippen LogP contribution in [0.2, 0.25) is 0 Å². The molecule has 2 amide bonds. The van der Waals surface area contributed by atoms with Crippen molar-refractivity contribution in [3.8, 4) is 5.75 Å². The lowest BCUT2D eigenvalue weighted by atomic mass is 9.68. The van der Waals surface area contributed by atoms with Crippen LogP contribution >= 0.6 is 0 Å². The second-order valence-electron chi connectivity index (χ2n) is 10.6. The molecular weight excluding hydrogens is 470 g/mol. The highest BCUT2D eigenvalue weighted by atomic mass is 16.5. The maximum Gasteiger partial charge on any atom is 0.233 e. The van der Waals surface area contributed by atoms with Crippen LogP contribution in [0.15, 0.2) is 28.9 Å². The van der Waals surface area contributed by atoms with Gasteiger partial charge in [0.1, 0.15) is 5.75 Å². The largest absolute Gasteiger partial charge is 0.507 e. The Labute approximate surface area is 220 Å². The smallest absolute Gasteiger partial charge is 0.233 e. The van der Waals surface area contributed by atoms with Gasteiger partial charge in [-0.15, -0.1) is 0 Å². The molecule has 1 aliphatic carbocycles. The van der Waals surface area contributed by atoms with Crippen molar-refractivity contribution < 1.29 is 29.6 Å². The Kier molecular flexibility index (Phi) is 10.1. The molecular formula is C30H43NO6. The molecule has 37 heavy (non-hydrogen) atoms. The molecule has 0 bridgehead atoms. The van der Waals surface area contributed by atoms with E-state index in [4.69, 9.17) is 4.74 Å². The number of hydrogen-bond acceptors (Lipinski definition) is 6. The first kappa shape index (κ1) is 29.1. The number of amides is 2. The number of hydrogen-bond donors (Lipinski definition) is 3. The fraction of sp³-hybridized carbons (Fsp3) is 0.600. The fourth-order valence-electron chi connectivity index (χ4n) is 6.15. The number of methoxy groups -OCH3 is 1. The van der Waals surface area contributed by atoms with E-state index in [-0.39, 0.29) is 25.0 Å². The maximum atomic E-state index is 13.2. The van der Waals surface area contributed by atoms with E-state index in [2.05, 4.69) is 13.0 Å². The molecule has 0 spiro atoms. The molecule has 1 aromatic carbocycles. The fourth-order valence-corrected chi connectivity index (χ4v) is 6.15. The highest BCUT2D eigenvalue weighted by molar-refractivity contribution is 6.05. The number of carbonyl (C=O) groups excluding carboxylic acids is 2. The third-order valence-electron chi connectivity index (χ3n) is 7.79. The van der Waals surface area contributed by atoms with Crippen LogP contribution in [0.4, 0.5) is 0 Å². The lowest BCUT2D eigenvalue weighted by Crippen LogP contribution is -2.39. The van der Waals surface area contributed by atoms with Crippen molar-refractivity contribution in [1.29, 1.82) is 0 Å². The van der Waals surface area contributed by atoms with Gasteiger partial charge in [0, 0.05) is 19.6 Å². The van der Waals surface area contributed by atoms with Gasteiger partial charge in [-0.3, -0.25) is 14.5 Å². The van der Waals surface area contributed by atoms with Gasteiger partial charge in [-0.1, -0.05) is 31.9 Å². The number of carbonyl (C=O) groups is 2. The van der Waals surface area contributed by atoms with Crippen molar-refractivity contribution in [1.82, 2.24) is 4.90 Å². The lowest BCUT2D eigenvalue weighted by molar-refractivity contribution is -0.140. The number of phenolic OH excluding ortho intramolecular Hbond substituents is 1. The van der Waals surface area contributed by atoms with E-state index in [0.29, 0.717) is 43.6 Å². The molecule has 1 heterocycles. The summed E-state index contributed by atoms with van der Waals surface area (Å²) in [6, 6.07) is 3.92. The van der Waals surface area contributed by atoms with Crippen LogP contribution in [0.3, 0.4) is 0 Å². The third-order valence-corrected chi connectivity index (χ3v) is 7.79. The topological polar surface area (TPSA) is 107 Å². The van der Waals surface area contributed by atoms with Crippen LogP contribution < -0.4 is 0 Å². The molecule has 7 heteroatoms. The van der Waals surface area contributed by atoms with E-state index in [1.807, 2.05) is 32.9 Å². The minimum Gasteiger partial charge on any atom is -0.507 e. The number of aromatic hydroxyl groups is 1. The average Bonchev–Trinajstić information content (AvgIpc) is 3.09. The van der Waals surface area contributed by atoms with Crippen LogP contribution in [-0.4, -0.2) is 65.0 Å². The SMILES string of the molecule is CCC/C(=C\c1cc(C)c(O)c(C)c1)CC[C@@H](O)C1=C(COC)C[C@H]2C(=O)N(CCC)C(=O)[C@H]2[C@H]1CO. The zero-order valence-electron chi connectivity index (χ0n) is 22.9. The molecule has 1 aromatic rings. The molecule has 1 fully saturated rings. The number of rotatable bonds is 12.